The van der Waals surface area contributed by atoms with Crippen LogP contribution in [0.2, 0.25) is 0 Å². The number of ether oxygens (including phenoxy) is 1. The molecule has 0 spiro atoms. The molecular weight excluding hydrogens is 406 g/mol. The van der Waals surface area contributed by atoms with E-state index in [0.29, 0.717) is 32.0 Å². The number of nitrogens with zero attached hydrogens (tertiary/aromatic N) is 2. The Morgan fingerprint density at radius 1 is 1.23 bits per heavy atom. The van der Waals surface area contributed by atoms with E-state index in [4.69, 9.17) is 4.74 Å². The van der Waals surface area contributed by atoms with E-state index in [1.807, 2.05) is 41.5 Å². The summed E-state index contributed by atoms with van der Waals surface area (Å²) in [5.74, 6) is 1.05. The summed E-state index contributed by atoms with van der Waals surface area (Å²) in [5, 5.41) is 9.54. The van der Waals surface area contributed by atoms with Crippen molar-refractivity contribution in [3.8, 4) is 0 Å². The molecule has 1 rings (SSSR count). The van der Waals surface area contributed by atoms with Gasteiger partial charge in [0, 0.05) is 32.7 Å². The number of alkyl carbamates (subject to hydrolysis) is 1. The van der Waals surface area contributed by atoms with E-state index in [1.54, 1.807) is 11.4 Å². The van der Waals surface area contributed by atoms with Crippen LogP contribution in [-0.2, 0) is 14.8 Å². The first-order valence-corrected chi connectivity index (χ1v) is 12.4. The van der Waals surface area contributed by atoms with E-state index >= 15 is 0 Å². The number of carbonyl (C=O) groups excluding carboxylic acids is 1. The number of rotatable bonds is 8. The summed E-state index contributed by atoms with van der Waals surface area (Å²) in [4.78, 5) is 16.4. The number of hydrogen-bond acceptors (Lipinski definition) is 5. The standard InChI is InChI=1S/C20H41N5O4S/c1-8-13-30(27,28)25-11-9-16(10-12-25)23-18(21-7)22-14-17(15(2)3)24-19(26)29-20(4,5)6/h15-17H,8-14H2,1-7H3,(H,24,26)(H2,21,22,23). The van der Waals surface area contributed by atoms with E-state index in [0.717, 1.165) is 12.8 Å². The van der Waals surface area contributed by atoms with Gasteiger partial charge in [-0.3, -0.25) is 4.99 Å². The molecule has 10 heteroatoms. The zero-order valence-electron chi connectivity index (χ0n) is 19.6. The molecular formula is C20H41N5O4S. The van der Waals surface area contributed by atoms with Crippen LogP contribution in [0.25, 0.3) is 0 Å². The van der Waals surface area contributed by atoms with Crippen molar-refractivity contribution in [2.24, 2.45) is 10.9 Å². The van der Waals surface area contributed by atoms with Gasteiger partial charge in [-0.15, -0.1) is 0 Å². The van der Waals surface area contributed by atoms with Crippen LogP contribution >= 0.6 is 0 Å². The summed E-state index contributed by atoms with van der Waals surface area (Å²) in [5.41, 5.74) is -0.546. The molecule has 1 aliphatic heterocycles. The number of nitrogens with one attached hydrogen (secondary N) is 3. The summed E-state index contributed by atoms with van der Waals surface area (Å²) < 4.78 is 31.4. The Hall–Kier alpha value is -1.55. The number of carbonyl (C=O) groups is 1. The predicted octanol–water partition coefficient (Wildman–Crippen LogP) is 1.90. The molecule has 3 N–H and O–H groups in total. The summed E-state index contributed by atoms with van der Waals surface area (Å²) in [6, 6.07) is 0.0278. The van der Waals surface area contributed by atoms with Gasteiger partial charge in [-0.25, -0.2) is 17.5 Å². The topological polar surface area (TPSA) is 112 Å². The highest BCUT2D eigenvalue weighted by Gasteiger charge is 2.28. The van der Waals surface area contributed by atoms with Crippen molar-refractivity contribution >= 4 is 22.1 Å². The molecule has 0 bridgehead atoms. The molecule has 30 heavy (non-hydrogen) atoms. The summed E-state index contributed by atoms with van der Waals surface area (Å²) in [7, 11) is -1.44. The molecule has 1 saturated heterocycles. The lowest BCUT2D eigenvalue weighted by Gasteiger charge is -2.32. The van der Waals surface area contributed by atoms with Crippen LogP contribution in [0.15, 0.2) is 4.99 Å². The third-order valence-electron chi connectivity index (χ3n) is 4.87. The second kappa shape index (κ2) is 11.7. The maximum Gasteiger partial charge on any atom is 0.407 e. The van der Waals surface area contributed by atoms with Crippen molar-refractivity contribution in [3.05, 3.63) is 0 Å². The Morgan fingerprint density at radius 3 is 2.30 bits per heavy atom. The molecule has 1 amide bonds. The minimum atomic E-state index is -3.14. The molecule has 0 aromatic carbocycles. The van der Waals surface area contributed by atoms with Gasteiger partial charge in [-0.2, -0.15) is 0 Å². The quantitative estimate of drug-likeness (QED) is 0.387. The lowest BCUT2D eigenvalue weighted by molar-refractivity contribution is 0.0491. The normalized spacial score (nSPS) is 18.2. The summed E-state index contributed by atoms with van der Waals surface area (Å²) in [6.07, 6.45) is 1.65. The first kappa shape index (κ1) is 26.5. The number of hydrogen-bond donors (Lipinski definition) is 3. The molecule has 1 atom stereocenters. The van der Waals surface area contributed by atoms with E-state index in [9.17, 15) is 13.2 Å². The molecule has 1 heterocycles. The first-order chi connectivity index (χ1) is 13.9. The van der Waals surface area contributed by atoms with Crippen LogP contribution in [0.4, 0.5) is 4.79 Å². The molecule has 0 radical (unpaired) electrons. The Balaban J connectivity index is 2.53. The molecule has 176 valence electrons. The van der Waals surface area contributed by atoms with Gasteiger partial charge in [0.15, 0.2) is 5.96 Å². The molecule has 9 nitrogen and oxygen atoms in total. The third-order valence-corrected chi connectivity index (χ3v) is 6.95. The number of amides is 1. The van der Waals surface area contributed by atoms with Crippen LogP contribution in [0.1, 0.15) is 60.8 Å². The van der Waals surface area contributed by atoms with E-state index in [-0.39, 0.29) is 23.8 Å². The average molecular weight is 448 g/mol. The lowest BCUT2D eigenvalue weighted by atomic mass is 10.0. The van der Waals surface area contributed by atoms with Gasteiger partial charge in [-0.05, 0) is 46.0 Å². The third kappa shape index (κ3) is 9.51. The number of aliphatic imine (C=N–C) groups is 1. The molecule has 0 aromatic rings. The first-order valence-electron chi connectivity index (χ1n) is 10.8. The zero-order valence-corrected chi connectivity index (χ0v) is 20.4. The van der Waals surface area contributed by atoms with Gasteiger partial charge in [-0.1, -0.05) is 20.8 Å². The van der Waals surface area contributed by atoms with E-state index in [2.05, 4.69) is 20.9 Å². The monoisotopic (exact) mass is 447 g/mol. The Morgan fingerprint density at radius 2 is 1.83 bits per heavy atom. The Bertz CT molecular complexity index is 665. The largest absolute Gasteiger partial charge is 0.444 e. The highest BCUT2D eigenvalue weighted by atomic mass is 32.2. The number of guanidine groups is 1. The molecule has 0 aliphatic carbocycles. The molecule has 1 fully saturated rings. The minimum Gasteiger partial charge on any atom is -0.444 e. The van der Waals surface area contributed by atoms with E-state index < -0.39 is 21.7 Å². The molecule has 0 aromatic heterocycles. The second-order valence-electron chi connectivity index (χ2n) is 9.08. The van der Waals surface area contributed by atoms with Gasteiger partial charge in [0.2, 0.25) is 10.0 Å². The smallest absolute Gasteiger partial charge is 0.407 e. The van der Waals surface area contributed by atoms with Gasteiger partial charge >= 0.3 is 6.09 Å². The van der Waals surface area contributed by atoms with Crippen LogP contribution < -0.4 is 16.0 Å². The molecule has 1 unspecified atom stereocenters. The van der Waals surface area contributed by atoms with Gasteiger partial charge in [0.1, 0.15) is 5.60 Å². The van der Waals surface area contributed by atoms with Crippen molar-refractivity contribution in [2.45, 2.75) is 78.5 Å². The van der Waals surface area contributed by atoms with Gasteiger partial charge < -0.3 is 20.7 Å². The van der Waals surface area contributed by atoms with Crippen LogP contribution in [-0.4, -0.2) is 74.9 Å². The fourth-order valence-corrected chi connectivity index (χ4v) is 4.71. The Labute approximate surface area is 182 Å². The minimum absolute atomic E-state index is 0.126. The second-order valence-corrected chi connectivity index (χ2v) is 11.2. The van der Waals surface area contributed by atoms with Crippen LogP contribution in [0, 0.1) is 5.92 Å². The van der Waals surface area contributed by atoms with Gasteiger partial charge in [0.05, 0.1) is 11.8 Å². The van der Waals surface area contributed by atoms with Crippen LogP contribution in [0.5, 0.6) is 0 Å². The predicted molar refractivity (Wildman–Crippen MR) is 121 cm³/mol. The maximum absolute atomic E-state index is 12.2. The Kier molecular flexibility index (Phi) is 10.4. The summed E-state index contributed by atoms with van der Waals surface area (Å²) >= 11 is 0. The van der Waals surface area contributed by atoms with E-state index in [1.165, 1.54) is 0 Å². The fraction of sp³-hybridized carbons (Fsp3) is 0.900. The van der Waals surface area contributed by atoms with Crippen molar-refractivity contribution in [3.63, 3.8) is 0 Å². The van der Waals surface area contributed by atoms with Crippen molar-refractivity contribution in [2.75, 3.05) is 32.4 Å². The number of sulfonamides is 1. The summed E-state index contributed by atoms with van der Waals surface area (Å²) in [6.45, 7) is 13.0. The molecule has 0 saturated carbocycles. The average Bonchev–Trinajstić information content (AvgIpc) is 2.62. The lowest BCUT2D eigenvalue weighted by Crippen LogP contribution is -2.53. The van der Waals surface area contributed by atoms with Crippen molar-refractivity contribution in [1.29, 1.82) is 0 Å². The molecule has 1 aliphatic rings. The SMILES string of the molecule is CCCS(=O)(=O)N1CCC(NC(=NC)NCC(NC(=O)OC(C)(C)C)C(C)C)CC1. The van der Waals surface area contributed by atoms with Crippen molar-refractivity contribution < 1.29 is 17.9 Å². The highest BCUT2D eigenvalue weighted by molar-refractivity contribution is 7.89. The zero-order chi connectivity index (χ0) is 22.9. The highest BCUT2D eigenvalue weighted by Crippen LogP contribution is 2.15. The van der Waals surface area contributed by atoms with Crippen molar-refractivity contribution in [1.82, 2.24) is 20.3 Å². The maximum atomic E-state index is 12.2. The number of piperidine rings is 1. The van der Waals surface area contributed by atoms with Crippen LogP contribution in [0.3, 0.4) is 0 Å². The fourth-order valence-electron chi connectivity index (χ4n) is 3.17. The van der Waals surface area contributed by atoms with Gasteiger partial charge in [0.25, 0.3) is 0 Å².